The number of nitrogens with zero attached hydrogens (tertiary/aromatic N) is 2. The molecule has 1 aromatic heterocycles. The molecule has 1 N–H and O–H groups in total. The van der Waals surface area contributed by atoms with E-state index in [9.17, 15) is 9.90 Å². The summed E-state index contributed by atoms with van der Waals surface area (Å²) in [5.41, 5.74) is 0. The smallest absolute Gasteiger partial charge is 0.320 e. The molecule has 2 rings (SSSR count). The zero-order valence-corrected chi connectivity index (χ0v) is 10.2. The lowest BCUT2D eigenvalue weighted by Gasteiger charge is -2.31. The van der Waals surface area contributed by atoms with E-state index in [1.165, 1.54) is 11.8 Å². The standard InChI is InChI=1S/C11H16N2O2S/c1-13-8-9(7-12-13)16-11(10(14)15)5-3-2-4-6-11/h7-8H,2-6H2,1H3,(H,14,15). The predicted octanol–water partition coefficient (Wildman–Crippen LogP) is 2.30. The van der Waals surface area contributed by atoms with Crippen molar-refractivity contribution in [2.24, 2.45) is 7.05 Å². The lowest BCUT2D eigenvalue weighted by Crippen LogP contribution is -2.36. The van der Waals surface area contributed by atoms with Crippen LogP contribution in [0.4, 0.5) is 0 Å². The topological polar surface area (TPSA) is 55.1 Å². The average molecular weight is 240 g/mol. The third kappa shape index (κ3) is 2.24. The van der Waals surface area contributed by atoms with Gasteiger partial charge in [-0.3, -0.25) is 9.48 Å². The second-order valence-electron chi connectivity index (χ2n) is 4.31. The number of carbonyl (C=O) groups is 1. The molecular formula is C11H16N2O2S. The van der Waals surface area contributed by atoms with Gasteiger partial charge < -0.3 is 5.11 Å². The summed E-state index contributed by atoms with van der Waals surface area (Å²) in [6.45, 7) is 0. The third-order valence-electron chi connectivity index (χ3n) is 3.05. The average Bonchev–Trinajstić information content (AvgIpc) is 2.65. The summed E-state index contributed by atoms with van der Waals surface area (Å²) in [6.07, 6.45) is 8.33. The van der Waals surface area contributed by atoms with Crippen LogP contribution in [0, 0.1) is 0 Å². The highest BCUT2D eigenvalue weighted by Crippen LogP contribution is 2.43. The highest BCUT2D eigenvalue weighted by atomic mass is 32.2. The first-order valence-electron chi connectivity index (χ1n) is 5.53. The van der Waals surface area contributed by atoms with Gasteiger partial charge in [-0.1, -0.05) is 19.3 Å². The van der Waals surface area contributed by atoms with Crippen molar-refractivity contribution in [3.63, 3.8) is 0 Å². The summed E-state index contributed by atoms with van der Waals surface area (Å²) < 4.78 is 1.09. The molecular weight excluding hydrogens is 224 g/mol. The molecule has 0 bridgehead atoms. The molecule has 0 amide bonds. The Hall–Kier alpha value is -0.970. The number of hydrogen-bond donors (Lipinski definition) is 1. The molecule has 1 aliphatic rings. The number of aromatic nitrogens is 2. The van der Waals surface area contributed by atoms with Crippen LogP contribution in [0.1, 0.15) is 32.1 Å². The normalized spacial score (nSPS) is 19.6. The maximum absolute atomic E-state index is 11.4. The fraction of sp³-hybridized carbons (Fsp3) is 0.636. The van der Waals surface area contributed by atoms with E-state index in [-0.39, 0.29) is 0 Å². The molecule has 88 valence electrons. The van der Waals surface area contributed by atoms with Gasteiger partial charge in [0.05, 0.1) is 6.20 Å². The minimum absolute atomic E-state index is 0.624. The first-order valence-corrected chi connectivity index (χ1v) is 6.35. The Morgan fingerprint density at radius 1 is 1.50 bits per heavy atom. The van der Waals surface area contributed by atoms with Crippen LogP contribution in [-0.4, -0.2) is 25.6 Å². The molecule has 0 aliphatic heterocycles. The zero-order valence-electron chi connectivity index (χ0n) is 9.35. The fourth-order valence-electron chi connectivity index (χ4n) is 2.16. The van der Waals surface area contributed by atoms with Crippen LogP contribution < -0.4 is 0 Å². The minimum atomic E-state index is -0.680. The molecule has 1 fully saturated rings. The third-order valence-corrected chi connectivity index (χ3v) is 4.47. The molecule has 16 heavy (non-hydrogen) atoms. The van der Waals surface area contributed by atoms with Crippen molar-refractivity contribution in [3.05, 3.63) is 12.4 Å². The van der Waals surface area contributed by atoms with Crippen LogP contribution in [-0.2, 0) is 11.8 Å². The fourth-order valence-corrected chi connectivity index (χ4v) is 3.50. The zero-order chi connectivity index (χ0) is 11.6. The van der Waals surface area contributed by atoms with Gasteiger partial charge in [0.25, 0.3) is 0 Å². The van der Waals surface area contributed by atoms with Gasteiger partial charge in [0, 0.05) is 18.1 Å². The van der Waals surface area contributed by atoms with Gasteiger partial charge >= 0.3 is 5.97 Å². The second kappa shape index (κ2) is 4.49. The van der Waals surface area contributed by atoms with E-state index >= 15 is 0 Å². The van der Waals surface area contributed by atoms with Crippen LogP contribution in [0.2, 0.25) is 0 Å². The number of rotatable bonds is 3. The van der Waals surface area contributed by atoms with Gasteiger partial charge in [-0.15, -0.1) is 11.8 Å². The van der Waals surface area contributed by atoms with Crippen molar-refractivity contribution in [2.45, 2.75) is 41.7 Å². The Morgan fingerprint density at radius 2 is 2.19 bits per heavy atom. The summed E-state index contributed by atoms with van der Waals surface area (Å²) in [5, 5.41) is 13.5. The summed E-state index contributed by atoms with van der Waals surface area (Å²) in [4.78, 5) is 12.4. The first-order chi connectivity index (χ1) is 7.62. The van der Waals surface area contributed by atoms with Crippen LogP contribution in [0.15, 0.2) is 17.3 Å². The van der Waals surface area contributed by atoms with E-state index in [0.29, 0.717) is 0 Å². The van der Waals surface area contributed by atoms with Crippen molar-refractivity contribution in [1.82, 2.24) is 9.78 Å². The van der Waals surface area contributed by atoms with E-state index in [2.05, 4.69) is 5.10 Å². The van der Waals surface area contributed by atoms with Crippen molar-refractivity contribution >= 4 is 17.7 Å². The van der Waals surface area contributed by atoms with E-state index in [1.807, 2.05) is 13.2 Å². The van der Waals surface area contributed by atoms with Gasteiger partial charge in [0.15, 0.2) is 0 Å². The van der Waals surface area contributed by atoms with Crippen LogP contribution >= 0.6 is 11.8 Å². The number of carboxylic acids is 1. The summed E-state index contributed by atoms with van der Waals surface area (Å²) in [7, 11) is 1.85. The molecule has 1 heterocycles. The van der Waals surface area contributed by atoms with E-state index in [1.54, 1.807) is 10.9 Å². The molecule has 5 heteroatoms. The Labute approximate surface area is 99.0 Å². The number of aliphatic carboxylic acids is 1. The van der Waals surface area contributed by atoms with Crippen molar-refractivity contribution in [2.75, 3.05) is 0 Å². The Bertz CT molecular complexity index is 383. The SMILES string of the molecule is Cn1cc(SC2(C(=O)O)CCCCC2)cn1. The predicted molar refractivity (Wildman–Crippen MR) is 62.5 cm³/mol. The minimum Gasteiger partial charge on any atom is -0.480 e. The Balaban J connectivity index is 2.16. The second-order valence-corrected chi connectivity index (χ2v) is 5.77. The molecule has 0 atom stereocenters. The number of hydrogen-bond acceptors (Lipinski definition) is 3. The molecule has 1 aliphatic carbocycles. The van der Waals surface area contributed by atoms with E-state index in [0.717, 1.165) is 37.0 Å². The number of aryl methyl sites for hydroxylation is 1. The number of thioether (sulfide) groups is 1. The first kappa shape index (κ1) is 11.5. The summed E-state index contributed by atoms with van der Waals surface area (Å²) in [6, 6.07) is 0. The monoisotopic (exact) mass is 240 g/mol. The molecule has 0 aromatic carbocycles. The summed E-state index contributed by atoms with van der Waals surface area (Å²) in [5.74, 6) is -0.680. The molecule has 0 spiro atoms. The number of carboxylic acid groups (broad SMARTS) is 1. The van der Waals surface area contributed by atoms with Crippen molar-refractivity contribution in [1.29, 1.82) is 0 Å². The maximum Gasteiger partial charge on any atom is 0.320 e. The highest BCUT2D eigenvalue weighted by molar-refractivity contribution is 8.01. The molecule has 0 radical (unpaired) electrons. The van der Waals surface area contributed by atoms with Gasteiger partial charge in [-0.05, 0) is 12.8 Å². The van der Waals surface area contributed by atoms with Gasteiger partial charge in [0.2, 0.25) is 0 Å². The lowest BCUT2D eigenvalue weighted by molar-refractivity contribution is -0.140. The van der Waals surface area contributed by atoms with Crippen molar-refractivity contribution in [3.8, 4) is 0 Å². The van der Waals surface area contributed by atoms with E-state index in [4.69, 9.17) is 0 Å². The van der Waals surface area contributed by atoms with Gasteiger partial charge in [-0.25, -0.2) is 0 Å². The largest absolute Gasteiger partial charge is 0.480 e. The molecule has 0 unspecified atom stereocenters. The van der Waals surface area contributed by atoms with Gasteiger partial charge in [0.1, 0.15) is 4.75 Å². The highest BCUT2D eigenvalue weighted by Gasteiger charge is 2.40. The van der Waals surface area contributed by atoms with Crippen LogP contribution in [0.5, 0.6) is 0 Å². The molecule has 1 aromatic rings. The van der Waals surface area contributed by atoms with E-state index < -0.39 is 10.7 Å². The van der Waals surface area contributed by atoms with Crippen LogP contribution in [0.3, 0.4) is 0 Å². The van der Waals surface area contributed by atoms with Gasteiger partial charge in [-0.2, -0.15) is 5.10 Å². The molecule has 0 saturated heterocycles. The molecule has 1 saturated carbocycles. The van der Waals surface area contributed by atoms with Crippen LogP contribution in [0.25, 0.3) is 0 Å². The maximum atomic E-state index is 11.4. The lowest BCUT2D eigenvalue weighted by atomic mass is 9.88. The molecule has 4 nitrogen and oxygen atoms in total. The Kier molecular flexibility index (Phi) is 3.23. The van der Waals surface area contributed by atoms with Crippen molar-refractivity contribution < 1.29 is 9.90 Å². The summed E-state index contributed by atoms with van der Waals surface area (Å²) >= 11 is 1.46. The Morgan fingerprint density at radius 3 is 2.69 bits per heavy atom. The quantitative estimate of drug-likeness (QED) is 0.880.